The smallest absolute Gasteiger partial charge is 0.271 e. The van der Waals surface area contributed by atoms with Crippen LogP contribution in [0.5, 0.6) is 5.75 Å². The summed E-state index contributed by atoms with van der Waals surface area (Å²) in [6.07, 6.45) is 1.48. The molecule has 11 heteroatoms. The molecule has 4 aromatic carbocycles. The maximum Gasteiger partial charge on any atom is 0.271 e. The fourth-order valence-corrected chi connectivity index (χ4v) is 4.70. The number of thiazole rings is 1. The zero-order chi connectivity index (χ0) is 28.6. The van der Waals surface area contributed by atoms with Gasteiger partial charge in [0.1, 0.15) is 12.4 Å². The Bertz CT molecular complexity index is 1690. The lowest BCUT2D eigenvalue weighted by Crippen LogP contribution is -2.17. The van der Waals surface area contributed by atoms with Gasteiger partial charge in [0, 0.05) is 34.3 Å². The highest BCUT2D eigenvalue weighted by Crippen LogP contribution is 2.28. The van der Waals surface area contributed by atoms with Gasteiger partial charge in [0.05, 0.1) is 21.9 Å². The predicted molar refractivity (Wildman–Crippen MR) is 161 cm³/mol. The van der Waals surface area contributed by atoms with Gasteiger partial charge in [0.15, 0.2) is 5.13 Å². The summed E-state index contributed by atoms with van der Waals surface area (Å²) in [4.78, 5) is 27.5. The van der Waals surface area contributed by atoms with Crippen molar-refractivity contribution in [3.63, 3.8) is 0 Å². The molecule has 41 heavy (non-hydrogen) atoms. The van der Waals surface area contributed by atoms with Crippen molar-refractivity contribution in [3.8, 4) is 17.0 Å². The second-order valence-corrected chi connectivity index (χ2v) is 9.97. The number of carbonyl (C=O) groups excluding carboxylic acids is 1. The number of halogens is 1. The summed E-state index contributed by atoms with van der Waals surface area (Å²) in [5, 5.41) is 21.2. The van der Waals surface area contributed by atoms with Crippen LogP contribution in [0.15, 0.2) is 108 Å². The zero-order valence-electron chi connectivity index (χ0n) is 21.4. The Morgan fingerprint density at radius 1 is 1.02 bits per heavy atom. The number of rotatable bonds is 10. The van der Waals surface area contributed by atoms with Crippen LogP contribution in [0.2, 0.25) is 5.02 Å². The molecule has 0 spiro atoms. The molecule has 0 unspecified atom stereocenters. The Labute approximate surface area is 244 Å². The highest BCUT2D eigenvalue weighted by molar-refractivity contribution is 7.14. The summed E-state index contributed by atoms with van der Waals surface area (Å²) in [6, 6.07) is 28.1. The molecule has 0 atom stereocenters. The lowest BCUT2D eigenvalue weighted by atomic mass is 10.1. The number of amides is 1. The lowest BCUT2D eigenvalue weighted by molar-refractivity contribution is -0.384. The Morgan fingerprint density at radius 2 is 1.78 bits per heavy atom. The first-order valence-corrected chi connectivity index (χ1v) is 13.6. The van der Waals surface area contributed by atoms with Crippen molar-refractivity contribution in [2.75, 3.05) is 5.32 Å². The highest BCUT2D eigenvalue weighted by Gasteiger charge is 2.09. The van der Waals surface area contributed by atoms with E-state index in [9.17, 15) is 14.9 Å². The van der Waals surface area contributed by atoms with Gasteiger partial charge >= 0.3 is 0 Å². The number of para-hydroxylation sites is 1. The molecule has 204 valence electrons. The number of hydrogen-bond acceptors (Lipinski definition) is 8. The minimum absolute atomic E-state index is 0.0150. The van der Waals surface area contributed by atoms with Gasteiger partial charge in [-0.1, -0.05) is 41.9 Å². The van der Waals surface area contributed by atoms with E-state index in [0.29, 0.717) is 21.9 Å². The van der Waals surface area contributed by atoms with Crippen LogP contribution in [0.1, 0.15) is 21.5 Å². The summed E-state index contributed by atoms with van der Waals surface area (Å²) in [5.74, 6) is 0.0982. The van der Waals surface area contributed by atoms with E-state index in [1.54, 1.807) is 42.5 Å². The number of hydrazone groups is 1. The van der Waals surface area contributed by atoms with E-state index >= 15 is 0 Å². The Balaban J connectivity index is 1.13. The second kappa shape index (κ2) is 12.9. The first kappa shape index (κ1) is 27.5. The van der Waals surface area contributed by atoms with Crippen molar-refractivity contribution in [2.24, 2.45) is 5.10 Å². The van der Waals surface area contributed by atoms with E-state index in [4.69, 9.17) is 16.3 Å². The molecule has 0 bridgehead atoms. The van der Waals surface area contributed by atoms with Crippen LogP contribution in [-0.2, 0) is 6.61 Å². The third-order valence-electron chi connectivity index (χ3n) is 5.85. The fraction of sp³-hybridized carbons (Fsp3) is 0.0333. The van der Waals surface area contributed by atoms with Gasteiger partial charge < -0.3 is 10.1 Å². The number of benzene rings is 4. The van der Waals surface area contributed by atoms with Crippen LogP contribution in [0, 0.1) is 10.1 Å². The van der Waals surface area contributed by atoms with Crippen molar-refractivity contribution in [1.82, 2.24) is 10.4 Å². The number of nitrogens with zero attached hydrogens (tertiary/aromatic N) is 3. The number of carbonyl (C=O) groups is 1. The molecule has 1 aromatic heterocycles. The summed E-state index contributed by atoms with van der Waals surface area (Å²) in [6.45, 7) is 0.203. The number of non-ortho nitro benzene ring substituents is 1. The van der Waals surface area contributed by atoms with E-state index in [1.807, 2.05) is 47.8 Å². The van der Waals surface area contributed by atoms with Gasteiger partial charge in [-0.05, 0) is 65.7 Å². The molecule has 0 aliphatic carbocycles. The van der Waals surface area contributed by atoms with Gasteiger partial charge in [-0.15, -0.1) is 11.3 Å². The molecule has 2 N–H and O–H groups in total. The summed E-state index contributed by atoms with van der Waals surface area (Å²) in [7, 11) is 0. The second-order valence-electron chi connectivity index (χ2n) is 8.71. The number of ether oxygens (including phenoxy) is 1. The Morgan fingerprint density at radius 3 is 2.49 bits per heavy atom. The van der Waals surface area contributed by atoms with Crippen LogP contribution in [0.4, 0.5) is 16.5 Å². The van der Waals surface area contributed by atoms with Crippen molar-refractivity contribution >= 4 is 51.6 Å². The normalized spacial score (nSPS) is 10.9. The third kappa shape index (κ3) is 7.33. The Hall–Kier alpha value is -5.06. The number of aromatic nitrogens is 1. The molecule has 5 aromatic rings. The largest absolute Gasteiger partial charge is 0.487 e. The van der Waals surface area contributed by atoms with Gasteiger partial charge in [-0.25, -0.2) is 10.4 Å². The average Bonchev–Trinajstić information content (AvgIpc) is 3.46. The third-order valence-corrected chi connectivity index (χ3v) is 6.90. The molecule has 0 radical (unpaired) electrons. The highest BCUT2D eigenvalue weighted by atomic mass is 35.5. The molecule has 0 fully saturated rings. The lowest BCUT2D eigenvalue weighted by Gasteiger charge is -2.08. The van der Waals surface area contributed by atoms with Crippen LogP contribution in [0.3, 0.4) is 0 Å². The first-order valence-electron chi connectivity index (χ1n) is 12.3. The molecule has 0 saturated heterocycles. The van der Waals surface area contributed by atoms with Crippen molar-refractivity contribution < 1.29 is 14.5 Å². The van der Waals surface area contributed by atoms with Crippen LogP contribution >= 0.6 is 22.9 Å². The maximum absolute atomic E-state index is 12.6. The number of hydrogen-bond donors (Lipinski definition) is 2. The van der Waals surface area contributed by atoms with E-state index in [1.165, 1.54) is 29.7 Å². The molecule has 0 saturated carbocycles. The quantitative estimate of drug-likeness (QED) is 0.100. The summed E-state index contributed by atoms with van der Waals surface area (Å²) >= 11 is 7.84. The first-order chi connectivity index (χ1) is 19.9. The minimum Gasteiger partial charge on any atom is -0.487 e. The molecular weight excluding hydrogens is 562 g/mol. The number of anilines is 2. The molecule has 5 rings (SSSR count). The molecule has 1 amide bonds. The topological polar surface area (TPSA) is 119 Å². The number of nitro groups is 1. The van der Waals surface area contributed by atoms with E-state index in [-0.39, 0.29) is 18.2 Å². The molecule has 1 heterocycles. The number of nitrogens with one attached hydrogen (secondary N) is 2. The molecule has 0 aliphatic heterocycles. The number of nitro benzene ring substituents is 1. The van der Waals surface area contributed by atoms with Crippen molar-refractivity contribution in [3.05, 3.63) is 134 Å². The van der Waals surface area contributed by atoms with E-state index < -0.39 is 4.92 Å². The van der Waals surface area contributed by atoms with Gasteiger partial charge in [-0.3, -0.25) is 14.9 Å². The van der Waals surface area contributed by atoms with Gasteiger partial charge in [-0.2, -0.15) is 5.10 Å². The average molecular weight is 584 g/mol. The predicted octanol–water partition coefficient (Wildman–Crippen LogP) is 7.46. The van der Waals surface area contributed by atoms with Crippen LogP contribution in [-0.4, -0.2) is 22.0 Å². The fourth-order valence-electron chi connectivity index (χ4n) is 3.72. The van der Waals surface area contributed by atoms with Crippen LogP contribution in [0.25, 0.3) is 11.3 Å². The van der Waals surface area contributed by atoms with Crippen molar-refractivity contribution in [2.45, 2.75) is 6.61 Å². The monoisotopic (exact) mass is 583 g/mol. The summed E-state index contributed by atoms with van der Waals surface area (Å²) in [5.41, 5.74) is 7.09. The van der Waals surface area contributed by atoms with E-state index in [2.05, 4.69) is 20.8 Å². The zero-order valence-corrected chi connectivity index (χ0v) is 22.9. The van der Waals surface area contributed by atoms with Gasteiger partial charge in [0.2, 0.25) is 0 Å². The standard InChI is InChI=1S/C30H22ClN5O4S/c31-26-16-21(8-15-28(26)40-18-20-6-13-25(14-7-20)36(38)39)17-32-35-29(37)23-11-9-22(10-12-23)27-19-41-30(34-27)33-24-4-2-1-3-5-24/h1-17,19H,18H2,(H,33,34)(H,35,37)/b32-17-. The molecular formula is C30H22ClN5O4S. The van der Waals surface area contributed by atoms with Crippen molar-refractivity contribution in [1.29, 1.82) is 0 Å². The SMILES string of the molecule is O=C(N/N=C\c1ccc(OCc2ccc([N+](=O)[O-])cc2)c(Cl)c1)c1ccc(-c2csc(Nc3ccccc3)n2)cc1. The summed E-state index contributed by atoms with van der Waals surface area (Å²) < 4.78 is 5.72. The minimum atomic E-state index is -0.454. The van der Waals surface area contributed by atoms with Gasteiger partial charge in [0.25, 0.3) is 11.6 Å². The molecule has 0 aliphatic rings. The maximum atomic E-state index is 12.6. The Kier molecular flexibility index (Phi) is 8.63. The molecule has 9 nitrogen and oxygen atoms in total. The van der Waals surface area contributed by atoms with Crippen LogP contribution < -0.4 is 15.5 Å². The van der Waals surface area contributed by atoms with E-state index in [0.717, 1.165) is 27.6 Å².